The van der Waals surface area contributed by atoms with Crippen LogP contribution in [-0.4, -0.2) is 69.0 Å². The molecule has 1 fully saturated rings. The lowest BCUT2D eigenvalue weighted by atomic mass is 9.97. The van der Waals surface area contributed by atoms with Gasteiger partial charge in [-0.05, 0) is 44.0 Å². The van der Waals surface area contributed by atoms with Crippen LogP contribution in [0.15, 0.2) is 29.2 Å². The van der Waals surface area contributed by atoms with Crippen molar-refractivity contribution < 1.29 is 27.9 Å². The van der Waals surface area contributed by atoms with Crippen LogP contribution in [0.1, 0.15) is 19.8 Å². The number of benzene rings is 1. The maximum atomic E-state index is 12.7. The molecule has 1 saturated heterocycles. The van der Waals surface area contributed by atoms with Gasteiger partial charge in [-0.2, -0.15) is 4.31 Å². The first-order valence-electron chi connectivity index (χ1n) is 9.12. The van der Waals surface area contributed by atoms with Gasteiger partial charge in [0.15, 0.2) is 0 Å². The van der Waals surface area contributed by atoms with E-state index < -0.39 is 16.1 Å². The normalized spacial score (nSPS) is 17.0. The SMILES string of the molecule is COc1ccc(S(=O)(=O)N2CCC(C(=O)NC(C)C(=O)NCCO)CC2)cc1. The fraction of sp³-hybridized carbons (Fsp3) is 0.556. The third-order valence-corrected chi connectivity index (χ3v) is 6.60. The Morgan fingerprint density at radius 1 is 1.25 bits per heavy atom. The zero-order chi connectivity index (χ0) is 20.7. The van der Waals surface area contributed by atoms with Crippen LogP contribution < -0.4 is 15.4 Å². The number of hydrogen-bond acceptors (Lipinski definition) is 6. The van der Waals surface area contributed by atoms with Crippen molar-refractivity contribution in [3.63, 3.8) is 0 Å². The molecule has 0 aromatic heterocycles. The Bertz CT molecular complexity index is 773. The molecule has 0 spiro atoms. The Hall–Kier alpha value is -2.17. The molecule has 9 nitrogen and oxygen atoms in total. The molecule has 0 bridgehead atoms. The van der Waals surface area contributed by atoms with Gasteiger partial charge < -0.3 is 20.5 Å². The Kier molecular flexibility index (Phi) is 7.78. The summed E-state index contributed by atoms with van der Waals surface area (Å²) in [6.45, 7) is 1.98. The van der Waals surface area contributed by atoms with Gasteiger partial charge in [0.2, 0.25) is 21.8 Å². The summed E-state index contributed by atoms with van der Waals surface area (Å²) in [5.41, 5.74) is 0. The van der Waals surface area contributed by atoms with E-state index in [1.807, 2.05) is 0 Å². The van der Waals surface area contributed by atoms with E-state index in [0.29, 0.717) is 18.6 Å². The molecular formula is C18H27N3O6S. The molecule has 0 aliphatic carbocycles. The van der Waals surface area contributed by atoms with Gasteiger partial charge >= 0.3 is 0 Å². The molecule has 0 saturated carbocycles. The Labute approximate surface area is 165 Å². The summed E-state index contributed by atoms with van der Waals surface area (Å²) in [6, 6.07) is 5.46. The molecule has 10 heteroatoms. The van der Waals surface area contributed by atoms with E-state index >= 15 is 0 Å². The second-order valence-corrected chi connectivity index (χ2v) is 8.54. The summed E-state index contributed by atoms with van der Waals surface area (Å²) < 4.78 is 31.9. The third-order valence-electron chi connectivity index (χ3n) is 4.69. The van der Waals surface area contributed by atoms with Crippen LogP contribution in [0.4, 0.5) is 0 Å². The molecule has 1 unspecified atom stereocenters. The van der Waals surface area contributed by atoms with Crippen LogP contribution in [0, 0.1) is 5.92 Å². The molecule has 28 heavy (non-hydrogen) atoms. The highest BCUT2D eigenvalue weighted by atomic mass is 32.2. The number of ether oxygens (including phenoxy) is 1. The van der Waals surface area contributed by atoms with Gasteiger partial charge in [0.1, 0.15) is 11.8 Å². The minimum absolute atomic E-state index is 0.126. The van der Waals surface area contributed by atoms with Crippen molar-refractivity contribution >= 4 is 21.8 Å². The average Bonchev–Trinajstić information content (AvgIpc) is 2.71. The fourth-order valence-corrected chi connectivity index (χ4v) is 4.45. The first kappa shape index (κ1) is 22.1. The topological polar surface area (TPSA) is 125 Å². The van der Waals surface area contributed by atoms with Gasteiger partial charge in [-0.25, -0.2) is 8.42 Å². The lowest BCUT2D eigenvalue weighted by Gasteiger charge is -2.31. The number of sulfonamides is 1. The Balaban J connectivity index is 1.90. The average molecular weight is 413 g/mol. The zero-order valence-electron chi connectivity index (χ0n) is 16.1. The molecule has 1 aromatic carbocycles. The van der Waals surface area contributed by atoms with E-state index in [2.05, 4.69) is 10.6 Å². The number of methoxy groups -OCH3 is 1. The minimum Gasteiger partial charge on any atom is -0.497 e. The van der Waals surface area contributed by atoms with Gasteiger partial charge in [-0.3, -0.25) is 9.59 Å². The number of aliphatic hydroxyl groups excluding tert-OH is 1. The van der Waals surface area contributed by atoms with Gasteiger partial charge in [0.25, 0.3) is 0 Å². The number of nitrogens with zero attached hydrogens (tertiary/aromatic N) is 1. The van der Waals surface area contributed by atoms with Crippen molar-refractivity contribution in [2.75, 3.05) is 33.4 Å². The molecule has 2 rings (SSSR count). The number of carbonyl (C=O) groups excluding carboxylic acids is 2. The largest absolute Gasteiger partial charge is 0.497 e. The molecule has 1 aromatic rings. The maximum Gasteiger partial charge on any atom is 0.243 e. The molecule has 1 aliphatic rings. The molecule has 156 valence electrons. The van der Waals surface area contributed by atoms with Crippen molar-refractivity contribution in [3.05, 3.63) is 24.3 Å². The number of hydrogen-bond donors (Lipinski definition) is 3. The van der Waals surface area contributed by atoms with E-state index in [9.17, 15) is 18.0 Å². The smallest absolute Gasteiger partial charge is 0.243 e. The summed E-state index contributed by atoms with van der Waals surface area (Å²) in [5, 5.41) is 13.9. The second kappa shape index (κ2) is 9.85. The monoisotopic (exact) mass is 413 g/mol. The van der Waals surface area contributed by atoms with Crippen LogP contribution >= 0.6 is 0 Å². The molecule has 0 radical (unpaired) electrons. The number of aliphatic hydroxyl groups is 1. The quantitative estimate of drug-likeness (QED) is 0.538. The molecule has 3 N–H and O–H groups in total. The van der Waals surface area contributed by atoms with Crippen molar-refractivity contribution in [3.8, 4) is 5.75 Å². The van der Waals surface area contributed by atoms with Gasteiger partial charge in [0.05, 0.1) is 18.6 Å². The standard InChI is InChI=1S/C18H27N3O6S/c1-13(17(23)19-9-12-22)20-18(24)14-7-10-21(11-8-14)28(25,26)16-5-3-15(27-2)4-6-16/h3-6,13-14,22H,7-12H2,1-2H3,(H,19,23)(H,20,24). The lowest BCUT2D eigenvalue weighted by Crippen LogP contribution is -2.49. The number of amides is 2. The predicted molar refractivity (Wildman–Crippen MR) is 102 cm³/mol. The lowest BCUT2D eigenvalue weighted by molar-refractivity contribution is -0.131. The number of carbonyl (C=O) groups is 2. The first-order valence-corrected chi connectivity index (χ1v) is 10.6. The highest BCUT2D eigenvalue weighted by Crippen LogP contribution is 2.25. The van der Waals surface area contributed by atoms with E-state index in [1.165, 1.54) is 23.5 Å². The van der Waals surface area contributed by atoms with Crippen molar-refractivity contribution in [1.29, 1.82) is 0 Å². The van der Waals surface area contributed by atoms with Crippen LogP contribution in [-0.2, 0) is 19.6 Å². The van der Waals surface area contributed by atoms with Gasteiger partial charge in [-0.1, -0.05) is 0 Å². The highest BCUT2D eigenvalue weighted by molar-refractivity contribution is 7.89. The summed E-state index contributed by atoms with van der Waals surface area (Å²) in [7, 11) is -2.11. The number of rotatable bonds is 8. The van der Waals surface area contributed by atoms with Crippen LogP contribution in [0.5, 0.6) is 5.75 Å². The summed E-state index contributed by atoms with van der Waals surface area (Å²) in [4.78, 5) is 24.3. The molecule has 1 heterocycles. The van der Waals surface area contributed by atoms with Crippen molar-refractivity contribution in [2.24, 2.45) is 5.92 Å². The fourth-order valence-electron chi connectivity index (χ4n) is 2.98. The maximum absolute atomic E-state index is 12.7. The van der Waals surface area contributed by atoms with E-state index in [-0.39, 0.29) is 48.9 Å². The van der Waals surface area contributed by atoms with E-state index in [0.717, 1.165) is 0 Å². The third kappa shape index (κ3) is 5.43. The molecule has 2 amide bonds. The highest BCUT2D eigenvalue weighted by Gasteiger charge is 2.32. The molecular weight excluding hydrogens is 386 g/mol. The Morgan fingerprint density at radius 2 is 1.86 bits per heavy atom. The number of nitrogens with one attached hydrogen (secondary N) is 2. The van der Waals surface area contributed by atoms with Crippen LogP contribution in [0.25, 0.3) is 0 Å². The Morgan fingerprint density at radius 3 is 2.39 bits per heavy atom. The molecule has 1 atom stereocenters. The summed E-state index contributed by atoms with van der Waals surface area (Å²) >= 11 is 0. The summed E-state index contributed by atoms with van der Waals surface area (Å²) in [5.74, 6) is -0.419. The number of piperidine rings is 1. The second-order valence-electron chi connectivity index (χ2n) is 6.60. The molecule has 1 aliphatic heterocycles. The van der Waals surface area contributed by atoms with E-state index in [4.69, 9.17) is 9.84 Å². The summed E-state index contributed by atoms with van der Waals surface area (Å²) in [6.07, 6.45) is 0.762. The van der Waals surface area contributed by atoms with E-state index in [1.54, 1.807) is 19.1 Å². The van der Waals surface area contributed by atoms with Crippen molar-refractivity contribution in [1.82, 2.24) is 14.9 Å². The minimum atomic E-state index is -3.62. The van der Waals surface area contributed by atoms with Crippen molar-refractivity contribution in [2.45, 2.75) is 30.7 Å². The predicted octanol–water partition coefficient (Wildman–Crippen LogP) is -0.291. The zero-order valence-corrected chi connectivity index (χ0v) is 16.9. The van der Waals surface area contributed by atoms with Gasteiger partial charge in [-0.15, -0.1) is 0 Å². The van der Waals surface area contributed by atoms with Gasteiger partial charge in [0, 0.05) is 25.6 Å². The first-order chi connectivity index (χ1) is 13.3. The van der Waals surface area contributed by atoms with Crippen LogP contribution in [0.3, 0.4) is 0 Å². The van der Waals surface area contributed by atoms with Crippen LogP contribution in [0.2, 0.25) is 0 Å².